The van der Waals surface area contributed by atoms with Crippen molar-refractivity contribution in [2.75, 3.05) is 24.6 Å². The average Bonchev–Trinajstić information content (AvgIpc) is 3.37. The summed E-state index contributed by atoms with van der Waals surface area (Å²) in [5, 5.41) is 3.22. The van der Waals surface area contributed by atoms with Gasteiger partial charge in [-0.25, -0.2) is 4.98 Å². The molecule has 1 aromatic heterocycles. The third kappa shape index (κ3) is 5.00. The highest BCUT2D eigenvalue weighted by molar-refractivity contribution is 8.14. The van der Waals surface area contributed by atoms with E-state index in [-0.39, 0.29) is 41.6 Å². The molecule has 4 rings (SSSR count). The van der Waals surface area contributed by atoms with E-state index in [1.807, 2.05) is 71.4 Å². The van der Waals surface area contributed by atoms with Crippen LogP contribution in [0.2, 0.25) is 0 Å². The predicted molar refractivity (Wildman–Crippen MR) is 122 cm³/mol. The number of imidazole rings is 1. The molecule has 3 amide bonds. The van der Waals surface area contributed by atoms with E-state index in [1.54, 1.807) is 0 Å². The molecule has 1 aliphatic heterocycles. The van der Waals surface area contributed by atoms with Crippen molar-refractivity contribution in [2.24, 2.45) is 0 Å². The second kappa shape index (κ2) is 9.84. The third-order valence-electron chi connectivity index (χ3n) is 4.64. The Kier molecular flexibility index (Phi) is 6.73. The Morgan fingerprint density at radius 1 is 1.06 bits per heavy atom. The van der Waals surface area contributed by atoms with Crippen molar-refractivity contribution in [3.8, 4) is 16.9 Å². The van der Waals surface area contributed by atoms with Gasteiger partial charge in [-0.15, -0.1) is 0 Å². The number of para-hydroxylation sites is 1. The van der Waals surface area contributed by atoms with Crippen molar-refractivity contribution in [3.63, 3.8) is 0 Å². The summed E-state index contributed by atoms with van der Waals surface area (Å²) in [4.78, 5) is 41.3. The first kappa shape index (κ1) is 21.2. The maximum Gasteiger partial charge on any atom is 0.288 e. The first-order valence-electron chi connectivity index (χ1n) is 9.68. The van der Waals surface area contributed by atoms with Crippen LogP contribution in [0.3, 0.4) is 0 Å². The van der Waals surface area contributed by atoms with Gasteiger partial charge in [0.05, 0.1) is 23.4 Å². The standard InChI is InChI=1S/C22H20N4O3S2/c27-19(23-11-12-25-20(28)15-31-22(25)29)14-30-21-24-13-18(16-7-3-1-4-8-16)26(21)17-9-5-2-6-10-17/h1-10,13H,11-12,14-15H2,(H,23,27). The van der Waals surface area contributed by atoms with Crippen LogP contribution in [0.4, 0.5) is 4.79 Å². The van der Waals surface area contributed by atoms with Crippen molar-refractivity contribution in [1.29, 1.82) is 0 Å². The third-order valence-corrected chi connectivity index (χ3v) is 6.46. The second-order valence-corrected chi connectivity index (χ2v) is 8.57. The lowest BCUT2D eigenvalue weighted by Gasteiger charge is -2.14. The number of nitrogens with zero attached hydrogens (tertiary/aromatic N) is 3. The normalized spacial score (nSPS) is 13.6. The van der Waals surface area contributed by atoms with Gasteiger partial charge in [-0.2, -0.15) is 0 Å². The molecule has 7 nitrogen and oxygen atoms in total. The molecule has 0 bridgehead atoms. The fraction of sp³-hybridized carbons (Fsp3) is 0.182. The number of hydrogen-bond acceptors (Lipinski definition) is 6. The fourth-order valence-electron chi connectivity index (χ4n) is 3.16. The molecule has 31 heavy (non-hydrogen) atoms. The smallest absolute Gasteiger partial charge is 0.288 e. The van der Waals surface area contributed by atoms with Gasteiger partial charge in [-0.1, -0.05) is 72.1 Å². The van der Waals surface area contributed by atoms with Gasteiger partial charge >= 0.3 is 0 Å². The Morgan fingerprint density at radius 3 is 2.45 bits per heavy atom. The highest BCUT2D eigenvalue weighted by atomic mass is 32.2. The first-order valence-corrected chi connectivity index (χ1v) is 11.7. The van der Waals surface area contributed by atoms with E-state index < -0.39 is 0 Å². The van der Waals surface area contributed by atoms with E-state index in [9.17, 15) is 14.4 Å². The molecule has 9 heteroatoms. The van der Waals surface area contributed by atoms with Crippen molar-refractivity contribution >= 4 is 40.6 Å². The van der Waals surface area contributed by atoms with Gasteiger partial charge in [0.2, 0.25) is 11.8 Å². The summed E-state index contributed by atoms with van der Waals surface area (Å²) in [6.45, 7) is 0.428. The zero-order valence-corrected chi connectivity index (χ0v) is 18.2. The zero-order chi connectivity index (χ0) is 21.6. The van der Waals surface area contributed by atoms with Gasteiger partial charge in [0.15, 0.2) is 5.16 Å². The van der Waals surface area contributed by atoms with Gasteiger partial charge < -0.3 is 5.32 Å². The minimum absolute atomic E-state index is 0.175. The summed E-state index contributed by atoms with van der Waals surface area (Å²) in [6, 6.07) is 19.9. The maximum atomic E-state index is 12.3. The van der Waals surface area contributed by atoms with E-state index >= 15 is 0 Å². The van der Waals surface area contributed by atoms with Crippen LogP contribution < -0.4 is 5.32 Å². The molecular weight excluding hydrogens is 432 g/mol. The van der Waals surface area contributed by atoms with Gasteiger partial charge in [-0.05, 0) is 12.1 Å². The summed E-state index contributed by atoms with van der Waals surface area (Å²) in [7, 11) is 0. The van der Waals surface area contributed by atoms with Gasteiger partial charge in [0.1, 0.15) is 0 Å². The van der Waals surface area contributed by atoms with Crippen LogP contribution in [-0.2, 0) is 9.59 Å². The van der Waals surface area contributed by atoms with Gasteiger partial charge in [-0.3, -0.25) is 23.9 Å². The fourth-order valence-corrected chi connectivity index (χ4v) is 4.74. The Balaban J connectivity index is 1.42. The number of rotatable bonds is 8. The van der Waals surface area contributed by atoms with Crippen LogP contribution in [0, 0.1) is 0 Å². The number of amides is 3. The molecule has 0 spiro atoms. The van der Waals surface area contributed by atoms with E-state index in [2.05, 4.69) is 10.3 Å². The van der Waals surface area contributed by atoms with E-state index in [4.69, 9.17) is 0 Å². The number of carbonyl (C=O) groups is 3. The van der Waals surface area contributed by atoms with E-state index in [1.165, 1.54) is 16.7 Å². The first-order chi connectivity index (χ1) is 15.1. The number of hydrogen-bond donors (Lipinski definition) is 1. The Morgan fingerprint density at radius 2 is 1.77 bits per heavy atom. The lowest BCUT2D eigenvalue weighted by atomic mass is 10.1. The number of carbonyl (C=O) groups excluding carboxylic acids is 3. The summed E-state index contributed by atoms with van der Waals surface area (Å²) >= 11 is 2.33. The second-order valence-electron chi connectivity index (χ2n) is 6.70. The molecule has 0 atom stereocenters. The molecule has 3 aromatic rings. The lowest BCUT2D eigenvalue weighted by molar-refractivity contribution is -0.125. The highest BCUT2D eigenvalue weighted by Gasteiger charge is 2.29. The van der Waals surface area contributed by atoms with Crippen LogP contribution in [0.1, 0.15) is 0 Å². The van der Waals surface area contributed by atoms with Crippen molar-refractivity contribution in [3.05, 3.63) is 66.9 Å². The topological polar surface area (TPSA) is 84.3 Å². The van der Waals surface area contributed by atoms with Crippen molar-refractivity contribution in [2.45, 2.75) is 5.16 Å². The van der Waals surface area contributed by atoms with Crippen molar-refractivity contribution in [1.82, 2.24) is 19.8 Å². The van der Waals surface area contributed by atoms with Crippen LogP contribution >= 0.6 is 23.5 Å². The average molecular weight is 453 g/mol. The molecule has 0 unspecified atom stereocenters. The number of nitrogens with one attached hydrogen (secondary N) is 1. The molecule has 0 aliphatic carbocycles. The Bertz CT molecular complexity index is 1070. The van der Waals surface area contributed by atoms with Gasteiger partial charge in [0, 0.05) is 24.3 Å². The summed E-state index contributed by atoms with van der Waals surface area (Å²) in [5.74, 6) is -0.0407. The largest absolute Gasteiger partial charge is 0.354 e. The SMILES string of the molecule is O=C(CSc1ncc(-c2ccccc2)n1-c1ccccc1)NCCN1C(=O)CSC1=O. The molecule has 1 fully saturated rings. The summed E-state index contributed by atoms with van der Waals surface area (Å²) < 4.78 is 2.03. The minimum Gasteiger partial charge on any atom is -0.354 e. The number of thioether (sulfide) groups is 2. The lowest BCUT2D eigenvalue weighted by Crippen LogP contribution is -2.38. The molecule has 158 valence electrons. The van der Waals surface area contributed by atoms with Crippen LogP contribution in [0.5, 0.6) is 0 Å². The highest BCUT2D eigenvalue weighted by Crippen LogP contribution is 2.29. The summed E-state index contributed by atoms with van der Waals surface area (Å²) in [5.41, 5.74) is 2.94. The molecule has 1 aliphatic rings. The molecule has 2 aromatic carbocycles. The molecule has 2 heterocycles. The molecule has 0 saturated carbocycles. The van der Waals surface area contributed by atoms with Crippen molar-refractivity contribution < 1.29 is 14.4 Å². The molecule has 1 N–H and O–H groups in total. The molecule has 1 saturated heterocycles. The minimum atomic E-state index is -0.257. The zero-order valence-electron chi connectivity index (χ0n) is 16.6. The summed E-state index contributed by atoms with van der Waals surface area (Å²) in [6.07, 6.45) is 1.81. The van der Waals surface area contributed by atoms with Crippen LogP contribution in [0.15, 0.2) is 72.0 Å². The van der Waals surface area contributed by atoms with E-state index in [0.29, 0.717) is 5.16 Å². The Labute approximate surface area is 188 Å². The quantitative estimate of drug-likeness (QED) is 0.527. The predicted octanol–water partition coefficient (Wildman–Crippen LogP) is 3.44. The van der Waals surface area contributed by atoms with Crippen LogP contribution in [-0.4, -0.2) is 56.1 Å². The Hall–Kier alpha value is -3.04. The number of aromatic nitrogens is 2. The monoisotopic (exact) mass is 452 g/mol. The maximum absolute atomic E-state index is 12.3. The molecular formula is C22H20N4O3S2. The number of imide groups is 1. The van der Waals surface area contributed by atoms with Gasteiger partial charge in [0.25, 0.3) is 5.24 Å². The molecule has 0 radical (unpaired) electrons. The number of benzene rings is 2. The van der Waals surface area contributed by atoms with E-state index in [0.717, 1.165) is 28.7 Å². The van der Waals surface area contributed by atoms with Crippen LogP contribution in [0.25, 0.3) is 16.9 Å².